The highest BCUT2D eigenvalue weighted by Crippen LogP contribution is 2.17. The molecule has 0 aromatic heterocycles. The summed E-state index contributed by atoms with van der Waals surface area (Å²) >= 11 is 0. The third-order valence-electron chi connectivity index (χ3n) is 2.50. The Bertz CT molecular complexity index is 349. The number of benzene rings is 1. The number of carbonyl (C=O) groups excluding carboxylic acids is 1. The van der Waals surface area contributed by atoms with Gasteiger partial charge < -0.3 is 16.2 Å². The molecule has 1 amide bonds. The predicted molar refractivity (Wildman–Crippen MR) is 62.7 cm³/mol. The quantitative estimate of drug-likeness (QED) is 0.688. The van der Waals surface area contributed by atoms with Crippen LogP contribution in [0.25, 0.3) is 0 Å². The molecule has 0 spiro atoms. The van der Waals surface area contributed by atoms with Gasteiger partial charge in [0, 0.05) is 6.04 Å². The van der Waals surface area contributed by atoms with Crippen molar-refractivity contribution in [2.45, 2.75) is 25.4 Å². The van der Waals surface area contributed by atoms with Crippen molar-refractivity contribution in [1.82, 2.24) is 5.32 Å². The molecule has 16 heavy (non-hydrogen) atoms. The largest absolute Gasteiger partial charge is 0.394 e. The van der Waals surface area contributed by atoms with E-state index in [1.165, 1.54) is 0 Å². The number of aliphatic hydroxyl groups excluding tert-OH is 1. The predicted octanol–water partition coefficient (Wildman–Crippen LogP) is 0.358. The van der Waals surface area contributed by atoms with Crippen molar-refractivity contribution in [3.8, 4) is 0 Å². The van der Waals surface area contributed by atoms with Gasteiger partial charge in [0.2, 0.25) is 5.91 Å². The van der Waals surface area contributed by atoms with Gasteiger partial charge in [-0.1, -0.05) is 30.3 Å². The summed E-state index contributed by atoms with van der Waals surface area (Å²) in [5, 5.41) is 11.5. The van der Waals surface area contributed by atoms with Gasteiger partial charge in [-0.2, -0.15) is 0 Å². The van der Waals surface area contributed by atoms with E-state index in [0.29, 0.717) is 0 Å². The number of amides is 1. The molecule has 0 heterocycles. The first-order valence-corrected chi connectivity index (χ1v) is 5.24. The van der Waals surface area contributed by atoms with Crippen molar-refractivity contribution in [2.24, 2.45) is 5.73 Å². The Kier molecular flexibility index (Phi) is 4.04. The lowest BCUT2D eigenvalue weighted by Crippen LogP contribution is -2.52. The van der Waals surface area contributed by atoms with E-state index in [0.717, 1.165) is 5.56 Å². The number of hydrogen-bond acceptors (Lipinski definition) is 3. The monoisotopic (exact) mass is 222 g/mol. The number of nitrogens with one attached hydrogen (secondary N) is 1. The fourth-order valence-corrected chi connectivity index (χ4v) is 1.33. The van der Waals surface area contributed by atoms with E-state index in [9.17, 15) is 4.79 Å². The van der Waals surface area contributed by atoms with Gasteiger partial charge >= 0.3 is 0 Å². The minimum atomic E-state index is -1.08. The Morgan fingerprint density at radius 1 is 1.50 bits per heavy atom. The van der Waals surface area contributed by atoms with Crippen LogP contribution in [0.2, 0.25) is 0 Å². The Labute approximate surface area is 95.5 Å². The van der Waals surface area contributed by atoms with Crippen molar-refractivity contribution >= 4 is 5.91 Å². The Morgan fingerprint density at radius 3 is 2.56 bits per heavy atom. The summed E-state index contributed by atoms with van der Waals surface area (Å²) in [4.78, 5) is 11.9. The van der Waals surface area contributed by atoms with Crippen LogP contribution in [0.5, 0.6) is 0 Å². The first kappa shape index (κ1) is 12.7. The molecule has 1 aromatic rings. The van der Waals surface area contributed by atoms with Crippen LogP contribution in [-0.4, -0.2) is 23.7 Å². The van der Waals surface area contributed by atoms with Crippen LogP contribution in [0, 0.1) is 0 Å². The SMILES string of the molecule is CC(CO)NC(=O)C(C)(N)c1ccccc1. The molecule has 0 saturated heterocycles. The maximum Gasteiger partial charge on any atom is 0.244 e. The maximum absolute atomic E-state index is 11.9. The van der Waals surface area contributed by atoms with Crippen LogP contribution in [0.1, 0.15) is 19.4 Å². The second-order valence-corrected chi connectivity index (χ2v) is 4.13. The zero-order valence-corrected chi connectivity index (χ0v) is 9.60. The zero-order chi connectivity index (χ0) is 12.2. The van der Waals surface area contributed by atoms with E-state index < -0.39 is 5.54 Å². The Hall–Kier alpha value is -1.39. The van der Waals surface area contributed by atoms with E-state index >= 15 is 0 Å². The van der Waals surface area contributed by atoms with Crippen LogP contribution >= 0.6 is 0 Å². The van der Waals surface area contributed by atoms with E-state index in [1.54, 1.807) is 13.8 Å². The molecule has 0 aliphatic heterocycles. The van der Waals surface area contributed by atoms with Gasteiger partial charge in [0.05, 0.1) is 6.61 Å². The normalized spacial score (nSPS) is 16.2. The lowest BCUT2D eigenvalue weighted by Gasteiger charge is -2.25. The van der Waals surface area contributed by atoms with Crippen LogP contribution in [0.4, 0.5) is 0 Å². The number of aliphatic hydroxyl groups is 1. The molecule has 4 heteroatoms. The smallest absolute Gasteiger partial charge is 0.244 e. The molecule has 0 bridgehead atoms. The molecule has 1 aromatic carbocycles. The highest BCUT2D eigenvalue weighted by Gasteiger charge is 2.30. The summed E-state index contributed by atoms with van der Waals surface area (Å²) in [7, 11) is 0. The van der Waals surface area contributed by atoms with Gasteiger partial charge in [-0.25, -0.2) is 0 Å². The third-order valence-corrected chi connectivity index (χ3v) is 2.50. The van der Waals surface area contributed by atoms with Gasteiger partial charge in [-0.05, 0) is 19.4 Å². The average molecular weight is 222 g/mol. The van der Waals surface area contributed by atoms with Gasteiger partial charge in [-0.15, -0.1) is 0 Å². The fourth-order valence-electron chi connectivity index (χ4n) is 1.33. The topological polar surface area (TPSA) is 75.3 Å². The van der Waals surface area contributed by atoms with Gasteiger partial charge in [0.15, 0.2) is 0 Å². The van der Waals surface area contributed by atoms with Crippen LogP contribution < -0.4 is 11.1 Å². The van der Waals surface area contributed by atoms with Crippen molar-refractivity contribution in [1.29, 1.82) is 0 Å². The second-order valence-electron chi connectivity index (χ2n) is 4.13. The molecule has 0 aliphatic carbocycles. The van der Waals surface area contributed by atoms with E-state index in [2.05, 4.69) is 5.32 Å². The van der Waals surface area contributed by atoms with Gasteiger partial charge in [-0.3, -0.25) is 4.79 Å². The molecule has 2 unspecified atom stereocenters. The molecular weight excluding hydrogens is 204 g/mol. The molecule has 4 nitrogen and oxygen atoms in total. The molecule has 88 valence electrons. The summed E-state index contributed by atoms with van der Waals surface area (Å²) in [5.41, 5.74) is 5.66. The first-order valence-electron chi connectivity index (χ1n) is 5.24. The molecule has 0 saturated carbocycles. The van der Waals surface area contributed by atoms with Crippen molar-refractivity contribution in [3.63, 3.8) is 0 Å². The van der Waals surface area contributed by atoms with E-state index in [1.807, 2.05) is 30.3 Å². The molecule has 0 radical (unpaired) electrons. The highest BCUT2D eigenvalue weighted by molar-refractivity contribution is 5.87. The minimum absolute atomic E-state index is 0.101. The fraction of sp³-hybridized carbons (Fsp3) is 0.417. The van der Waals surface area contributed by atoms with Crippen LogP contribution in [0.15, 0.2) is 30.3 Å². The van der Waals surface area contributed by atoms with Gasteiger partial charge in [0.1, 0.15) is 5.54 Å². The molecule has 0 fully saturated rings. The van der Waals surface area contributed by atoms with Gasteiger partial charge in [0.25, 0.3) is 0 Å². The molecular formula is C12H18N2O2. The number of rotatable bonds is 4. The maximum atomic E-state index is 11.9. The number of carbonyl (C=O) groups is 1. The molecule has 2 atom stereocenters. The first-order chi connectivity index (χ1) is 7.48. The van der Waals surface area contributed by atoms with E-state index in [-0.39, 0.29) is 18.6 Å². The lowest BCUT2D eigenvalue weighted by molar-refractivity contribution is -0.127. The zero-order valence-electron chi connectivity index (χ0n) is 9.60. The molecule has 1 rings (SSSR count). The molecule has 0 aliphatic rings. The average Bonchev–Trinajstić information content (AvgIpc) is 2.29. The van der Waals surface area contributed by atoms with E-state index in [4.69, 9.17) is 10.8 Å². The summed E-state index contributed by atoms with van der Waals surface area (Å²) in [6.45, 7) is 3.28. The Balaban J connectivity index is 2.82. The highest BCUT2D eigenvalue weighted by atomic mass is 16.3. The molecule has 4 N–H and O–H groups in total. The summed E-state index contributed by atoms with van der Waals surface area (Å²) < 4.78 is 0. The second kappa shape index (κ2) is 5.09. The number of hydrogen-bond donors (Lipinski definition) is 3. The Morgan fingerprint density at radius 2 is 2.06 bits per heavy atom. The summed E-state index contributed by atoms with van der Waals surface area (Å²) in [6.07, 6.45) is 0. The van der Waals surface area contributed by atoms with Crippen LogP contribution in [0.3, 0.4) is 0 Å². The van der Waals surface area contributed by atoms with Crippen molar-refractivity contribution in [2.75, 3.05) is 6.61 Å². The van der Waals surface area contributed by atoms with Crippen molar-refractivity contribution < 1.29 is 9.90 Å². The standard InChI is InChI=1S/C12H18N2O2/c1-9(8-15)14-11(16)12(2,13)10-6-4-3-5-7-10/h3-7,9,15H,8,13H2,1-2H3,(H,14,16). The van der Waals surface area contributed by atoms with Crippen LogP contribution in [-0.2, 0) is 10.3 Å². The number of nitrogens with two attached hydrogens (primary N) is 1. The lowest BCUT2D eigenvalue weighted by atomic mass is 9.92. The summed E-state index contributed by atoms with van der Waals surface area (Å²) in [6, 6.07) is 8.87. The van der Waals surface area contributed by atoms with Crippen molar-refractivity contribution in [3.05, 3.63) is 35.9 Å². The summed E-state index contributed by atoms with van der Waals surface area (Å²) in [5.74, 6) is -0.291. The minimum Gasteiger partial charge on any atom is -0.394 e. The third kappa shape index (κ3) is 2.81.